The molecule has 19 heavy (non-hydrogen) atoms. The van der Waals surface area contributed by atoms with Gasteiger partial charge in [-0.25, -0.2) is 0 Å². The summed E-state index contributed by atoms with van der Waals surface area (Å²) in [5, 5.41) is 8.86. The zero-order valence-electron chi connectivity index (χ0n) is 12.6. The number of carboxylic acid groups (broad SMARTS) is 1. The van der Waals surface area contributed by atoms with Crippen LogP contribution in [0.15, 0.2) is 0 Å². The normalized spacial score (nSPS) is 31.5. The molecule has 1 atom stereocenters. The van der Waals surface area contributed by atoms with Gasteiger partial charge in [0, 0.05) is 12.5 Å². The molecule has 110 valence electrons. The molecule has 0 spiro atoms. The van der Waals surface area contributed by atoms with E-state index in [9.17, 15) is 4.79 Å². The van der Waals surface area contributed by atoms with Crippen molar-refractivity contribution in [3.63, 3.8) is 0 Å². The molecule has 2 fully saturated rings. The maximum atomic E-state index is 10.8. The van der Waals surface area contributed by atoms with Crippen molar-refractivity contribution in [3.8, 4) is 0 Å². The van der Waals surface area contributed by atoms with E-state index in [4.69, 9.17) is 9.84 Å². The molecule has 1 unspecified atom stereocenters. The minimum atomic E-state index is -0.663. The third-order valence-electron chi connectivity index (χ3n) is 4.58. The smallest absolute Gasteiger partial charge is 0.303 e. The lowest BCUT2D eigenvalue weighted by molar-refractivity contribution is -0.138. The zero-order valence-corrected chi connectivity index (χ0v) is 12.6. The van der Waals surface area contributed by atoms with Gasteiger partial charge in [0.2, 0.25) is 0 Å². The number of aliphatic carboxylic acids is 1. The molecule has 2 rings (SSSR count). The highest BCUT2D eigenvalue weighted by Gasteiger charge is 2.48. The molecule has 4 nitrogen and oxygen atoms in total. The second kappa shape index (κ2) is 5.06. The summed E-state index contributed by atoms with van der Waals surface area (Å²) < 4.78 is 6.16. The van der Waals surface area contributed by atoms with E-state index in [0.29, 0.717) is 18.4 Å². The van der Waals surface area contributed by atoms with Gasteiger partial charge in [-0.2, -0.15) is 0 Å². The highest BCUT2D eigenvalue weighted by Crippen LogP contribution is 2.41. The van der Waals surface area contributed by atoms with E-state index in [1.54, 1.807) is 0 Å². The van der Waals surface area contributed by atoms with Crippen LogP contribution in [0.4, 0.5) is 0 Å². The fraction of sp³-hybridized carbons (Fsp3) is 0.933. The predicted octanol–water partition coefficient (Wildman–Crippen LogP) is 2.52. The summed E-state index contributed by atoms with van der Waals surface area (Å²) in [7, 11) is 0. The molecule has 2 heterocycles. The highest BCUT2D eigenvalue weighted by atomic mass is 16.5. The van der Waals surface area contributed by atoms with E-state index in [1.165, 1.54) is 0 Å². The molecule has 0 radical (unpaired) electrons. The number of hydrogen-bond donors (Lipinski definition) is 1. The second-order valence-corrected chi connectivity index (χ2v) is 7.26. The van der Waals surface area contributed by atoms with Crippen molar-refractivity contribution >= 4 is 5.97 Å². The van der Waals surface area contributed by atoms with Gasteiger partial charge in [-0.3, -0.25) is 9.69 Å². The van der Waals surface area contributed by atoms with Crippen molar-refractivity contribution < 1.29 is 14.6 Å². The van der Waals surface area contributed by atoms with E-state index in [2.05, 4.69) is 32.6 Å². The van der Waals surface area contributed by atoms with Gasteiger partial charge < -0.3 is 9.84 Å². The standard InChI is InChI=1S/C15H27NO3/c1-14(2)10-12(15(3,4)19-14)16-7-5-11(6-8-16)9-13(17)18/h11-12H,5-10H2,1-4H3,(H,17,18). The number of rotatable bonds is 3. The first-order valence-corrected chi connectivity index (χ1v) is 7.36. The summed E-state index contributed by atoms with van der Waals surface area (Å²) in [6, 6.07) is 0.452. The van der Waals surface area contributed by atoms with Crippen molar-refractivity contribution in [2.24, 2.45) is 5.92 Å². The number of nitrogens with zero attached hydrogens (tertiary/aromatic N) is 1. The van der Waals surface area contributed by atoms with E-state index < -0.39 is 5.97 Å². The Labute approximate surface area is 116 Å². The van der Waals surface area contributed by atoms with E-state index in [0.717, 1.165) is 32.4 Å². The lowest BCUT2D eigenvalue weighted by atomic mass is 9.88. The molecular formula is C15H27NO3. The van der Waals surface area contributed by atoms with Gasteiger partial charge >= 0.3 is 5.97 Å². The van der Waals surface area contributed by atoms with Crippen molar-refractivity contribution in [3.05, 3.63) is 0 Å². The number of ether oxygens (including phenoxy) is 1. The average molecular weight is 269 g/mol. The van der Waals surface area contributed by atoms with Gasteiger partial charge in [-0.15, -0.1) is 0 Å². The van der Waals surface area contributed by atoms with E-state index in [1.807, 2.05) is 0 Å². The van der Waals surface area contributed by atoms with Crippen molar-refractivity contribution in [1.29, 1.82) is 0 Å². The van der Waals surface area contributed by atoms with Crippen LogP contribution in [0.25, 0.3) is 0 Å². The molecule has 0 aromatic carbocycles. The van der Waals surface area contributed by atoms with Crippen LogP contribution < -0.4 is 0 Å². The molecule has 0 aliphatic carbocycles. The molecule has 0 bridgehead atoms. The third kappa shape index (κ3) is 3.48. The van der Waals surface area contributed by atoms with Crippen LogP contribution >= 0.6 is 0 Å². The Kier molecular flexibility index (Phi) is 3.94. The predicted molar refractivity (Wildman–Crippen MR) is 74.2 cm³/mol. The first-order valence-electron chi connectivity index (χ1n) is 7.36. The topological polar surface area (TPSA) is 49.8 Å². The van der Waals surface area contributed by atoms with Crippen LogP contribution in [0.3, 0.4) is 0 Å². The van der Waals surface area contributed by atoms with Crippen molar-refractivity contribution in [2.45, 2.75) is 70.6 Å². The second-order valence-electron chi connectivity index (χ2n) is 7.26. The Hall–Kier alpha value is -0.610. The SMILES string of the molecule is CC1(C)CC(N2CCC(CC(=O)O)CC2)C(C)(C)O1. The lowest BCUT2D eigenvalue weighted by Gasteiger charge is -2.40. The van der Waals surface area contributed by atoms with Crippen LogP contribution in [0, 0.1) is 5.92 Å². The fourth-order valence-electron chi connectivity index (χ4n) is 3.82. The van der Waals surface area contributed by atoms with Crippen LogP contribution in [-0.4, -0.2) is 46.3 Å². The third-order valence-corrected chi connectivity index (χ3v) is 4.58. The summed E-state index contributed by atoms with van der Waals surface area (Å²) in [6.45, 7) is 10.7. The molecule has 2 saturated heterocycles. The minimum absolute atomic E-state index is 0.0495. The van der Waals surface area contributed by atoms with E-state index in [-0.39, 0.29) is 11.2 Å². The molecule has 0 aromatic heterocycles. The fourth-order valence-corrected chi connectivity index (χ4v) is 3.82. The number of carbonyl (C=O) groups is 1. The summed E-state index contributed by atoms with van der Waals surface area (Å²) in [5.74, 6) is -0.309. The summed E-state index contributed by atoms with van der Waals surface area (Å²) in [5.41, 5.74) is -0.158. The van der Waals surface area contributed by atoms with Crippen LogP contribution in [-0.2, 0) is 9.53 Å². The monoisotopic (exact) mass is 269 g/mol. The summed E-state index contributed by atoms with van der Waals surface area (Å²) in [6.07, 6.45) is 3.38. The first-order chi connectivity index (χ1) is 8.70. The van der Waals surface area contributed by atoms with Crippen LogP contribution in [0.1, 0.15) is 53.4 Å². The molecule has 4 heteroatoms. The minimum Gasteiger partial charge on any atom is -0.481 e. The average Bonchev–Trinajstić information content (AvgIpc) is 2.47. The maximum absolute atomic E-state index is 10.8. The summed E-state index contributed by atoms with van der Waals surface area (Å²) in [4.78, 5) is 13.3. The molecule has 1 N–H and O–H groups in total. The maximum Gasteiger partial charge on any atom is 0.303 e. The lowest BCUT2D eigenvalue weighted by Crippen LogP contribution is -2.49. The quantitative estimate of drug-likeness (QED) is 0.855. The van der Waals surface area contributed by atoms with Gasteiger partial charge in [0.25, 0.3) is 0 Å². The van der Waals surface area contributed by atoms with Crippen LogP contribution in [0.2, 0.25) is 0 Å². The van der Waals surface area contributed by atoms with Gasteiger partial charge in [-0.05, 0) is 66.0 Å². The van der Waals surface area contributed by atoms with Crippen LogP contribution in [0.5, 0.6) is 0 Å². The van der Waals surface area contributed by atoms with E-state index >= 15 is 0 Å². The Balaban J connectivity index is 1.93. The largest absolute Gasteiger partial charge is 0.481 e. The van der Waals surface area contributed by atoms with Gasteiger partial charge in [0.15, 0.2) is 0 Å². The number of likely N-dealkylation sites (tertiary alicyclic amines) is 1. The Morgan fingerprint density at radius 1 is 1.26 bits per heavy atom. The number of carboxylic acids is 1. The molecule has 0 aromatic rings. The number of hydrogen-bond acceptors (Lipinski definition) is 3. The molecule has 2 aliphatic heterocycles. The highest BCUT2D eigenvalue weighted by molar-refractivity contribution is 5.67. The molecule has 0 saturated carbocycles. The summed E-state index contributed by atoms with van der Waals surface area (Å²) >= 11 is 0. The van der Waals surface area contributed by atoms with Crippen molar-refractivity contribution in [1.82, 2.24) is 4.90 Å². The zero-order chi connectivity index (χ0) is 14.3. The Morgan fingerprint density at radius 3 is 2.26 bits per heavy atom. The molecule has 2 aliphatic rings. The molecule has 0 amide bonds. The van der Waals surface area contributed by atoms with Gasteiger partial charge in [-0.1, -0.05) is 0 Å². The van der Waals surface area contributed by atoms with Gasteiger partial charge in [0.1, 0.15) is 0 Å². The number of piperidine rings is 1. The Morgan fingerprint density at radius 2 is 1.84 bits per heavy atom. The molecular weight excluding hydrogens is 242 g/mol. The van der Waals surface area contributed by atoms with Crippen molar-refractivity contribution in [2.75, 3.05) is 13.1 Å². The van der Waals surface area contributed by atoms with Gasteiger partial charge in [0.05, 0.1) is 11.2 Å². The first kappa shape index (κ1) is 14.8. The Bertz CT molecular complexity index is 343.